The van der Waals surface area contributed by atoms with Gasteiger partial charge in [0, 0.05) is 39.6 Å². The Hall–Kier alpha value is -1.59. The number of benzene rings is 1. The molecule has 1 aliphatic rings. The monoisotopic (exact) mass is 339 g/mol. The van der Waals surface area contributed by atoms with Gasteiger partial charge in [0.1, 0.15) is 0 Å². The van der Waals surface area contributed by atoms with Gasteiger partial charge in [0.2, 0.25) is 11.8 Å². The first-order valence-electron chi connectivity index (χ1n) is 7.74. The molecule has 23 heavy (non-hydrogen) atoms. The molecular formula is C17H26ClN3O2. The van der Waals surface area contributed by atoms with Crippen molar-refractivity contribution in [2.75, 3.05) is 33.7 Å². The Bertz CT molecular complexity index is 533. The van der Waals surface area contributed by atoms with Gasteiger partial charge in [-0.2, -0.15) is 0 Å². The molecule has 2 rings (SSSR count). The van der Waals surface area contributed by atoms with Crippen LogP contribution in [-0.2, 0) is 16.1 Å². The van der Waals surface area contributed by atoms with Gasteiger partial charge in [-0.15, -0.1) is 12.4 Å². The van der Waals surface area contributed by atoms with Crippen molar-refractivity contribution in [2.24, 2.45) is 5.92 Å². The number of aryl methyl sites for hydroxylation is 1. The molecule has 0 spiro atoms. The van der Waals surface area contributed by atoms with E-state index in [0.29, 0.717) is 26.1 Å². The fraction of sp³-hybridized carbons (Fsp3) is 0.529. The highest BCUT2D eigenvalue weighted by Gasteiger charge is 2.35. The van der Waals surface area contributed by atoms with Crippen LogP contribution in [0.4, 0.5) is 0 Å². The van der Waals surface area contributed by atoms with E-state index in [1.807, 2.05) is 38.2 Å². The highest BCUT2D eigenvalue weighted by atomic mass is 35.5. The topological polar surface area (TPSA) is 52.7 Å². The van der Waals surface area contributed by atoms with E-state index >= 15 is 0 Å². The zero-order valence-corrected chi connectivity index (χ0v) is 14.9. The Morgan fingerprint density at radius 1 is 1.35 bits per heavy atom. The van der Waals surface area contributed by atoms with Crippen LogP contribution in [0.3, 0.4) is 0 Å². The van der Waals surface area contributed by atoms with E-state index < -0.39 is 0 Å². The number of carbonyl (C=O) groups excluding carboxylic acids is 2. The van der Waals surface area contributed by atoms with E-state index in [4.69, 9.17) is 0 Å². The number of carbonyl (C=O) groups is 2. The summed E-state index contributed by atoms with van der Waals surface area (Å²) in [6.45, 7) is 4.58. The third kappa shape index (κ3) is 5.22. The highest BCUT2D eigenvalue weighted by Crippen LogP contribution is 2.22. The molecule has 5 nitrogen and oxygen atoms in total. The maximum absolute atomic E-state index is 12.4. The molecule has 0 bridgehead atoms. The van der Waals surface area contributed by atoms with Gasteiger partial charge in [0.15, 0.2) is 0 Å². The number of likely N-dealkylation sites (N-methyl/N-ethyl adjacent to an activating group) is 2. The lowest BCUT2D eigenvalue weighted by Crippen LogP contribution is -2.38. The van der Waals surface area contributed by atoms with Gasteiger partial charge in [-0.05, 0) is 19.5 Å². The summed E-state index contributed by atoms with van der Waals surface area (Å²) in [5.74, 6) is -0.0734. The first kappa shape index (κ1) is 19.5. The summed E-state index contributed by atoms with van der Waals surface area (Å²) in [7, 11) is 3.66. The fourth-order valence-electron chi connectivity index (χ4n) is 2.71. The third-order valence-electron chi connectivity index (χ3n) is 4.13. The van der Waals surface area contributed by atoms with Crippen LogP contribution in [0.1, 0.15) is 17.5 Å². The lowest BCUT2D eigenvalue weighted by molar-refractivity contribution is -0.134. The van der Waals surface area contributed by atoms with E-state index in [-0.39, 0.29) is 30.1 Å². The van der Waals surface area contributed by atoms with Crippen molar-refractivity contribution < 1.29 is 9.59 Å². The van der Waals surface area contributed by atoms with E-state index in [0.717, 1.165) is 12.1 Å². The number of halogens is 1. The second kappa shape index (κ2) is 8.89. The lowest BCUT2D eigenvalue weighted by atomic mass is 10.1. The van der Waals surface area contributed by atoms with Gasteiger partial charge in [-0.3, -0.25) is 9.59 Å². The van der Waals surface area contributed by atoms with Crippen LogP contribution in [0.15, 0.2) is 24.3 Å². The van der Waals surface area contributed by atoms with Crippen LogP contribution in [0.2, 0.25) is 0 Å². The second-order valence-electron chi connectivity index (χ2n) is 6.02. The largest absolute Gasteiger partial charge is 0.344 e. The van der Waals surface area contributed by atoms with E-state index in [9.17, 15) is 9.59 Å². The molecule has 1 N–H and O–H groups in total. The van der Waals surface area contributed by atoms with Crippen LogP contribution < -0.4 is 5.32 Å². The van der Waals surface area contributed by atoms with Gasteiger partial charge in [-0.25, -0.2) is 0 Å². The van der Waals surface area contributed by atoms with Crippen molar-refractivity contribution in [1.29, 1.82) is 0 Å². The Morgan fingerprint density at radius 3 is 2.61 bits per heavy atom. The maximum atomic E-state index is 12.4. The molecule has 0 saturated carbocycles. The minimum atomic E-state index is -0.209. The normalized spacial score (nSPS) is 17.1. The average molecular weight is 340 g/mol. The van der Waals surface area contributed by atoms with Gasteiger partial charge in [0.05, 0.1) is 5.92 Å². The van der Waals surface area contributed by atoms with Gasteiger partial charge < -0.3 is 15.1 Å². The Morgan fingerprint density at radius 2 is 2.00 bits per heavy atom. The minimum absolute atomic E-state index is 0. The zero-order chi connectivity index (χ0) is 16.1. The number of nitrogens with one attached hydrogen (secondary N) is 1. The zero-order valence-electron chi connectivity index (χ0n) is 14.0. The molecule has 1 unspecified atom stereocenters. The molecule has 0 radical (unpaired) electrons. The Balaban J connectivity index is 0.00000264. The minimum Gasteiger partial charge on any atom is -0.344 e. The molecule has 1 aromatic carbocycles. The quantitative estimate of drug-likeness (QED) is 0.853. The molecule has 128 valence electrons. The van der Waals surface area contributed by atoms with Crippen LogP contribution >= 0.6 is 12.4 Å². The lowest BCUT2D eigenvalue weighted by Gasteiger charge is -2.21. The van der Waals surface area contributed by atoms with Gasteiger partial charge in [0.25, 0.3) is 0 Å². The summed E-state index contributed by atoms with van der Waals surface area (Å²) in [5.41, 5.74) is 2.31. The first-order chi connectivity index (χ1) is 10.5. The Labute approximate surface area is 144 Å². The first-order valence-corrected chi connectivity index (χ1v) is 7.74. The second-order valence-corrected chi connectivity index (χ2v) is 6.02. The summed E-state index contributed by atoms with van der Waals surface area (Å²) in [5, 5.41) is 3.03. The summed E-state index contributed by atoms with van der Waals surface area (Å²) >= 11 is 0. The smallest absolute Gasteiger partial charge is 0.227 e. The molecule has 0 aliphatic carbocycles. The van der Waals surface area contributed by atoms with Crippen molar-refractivity contribution in [2.45, 2.75) is 19.9 Å². The molecule has 2 amide bonds. The van der Waals surface area contributed by atoms with Crippen LogP contribution in [0, 0.1) is 12.8 Å². The number of hydrogen-bond acceptors (Lipinski definition) is 3. The predicted molar refractivity (Wildman–Crippen MR) is 93.5 cm³/mol. The molecule has 6 heteroatoms. The van der Waals surface area contributed by atoms with Gasteiger partial charge in [-0.1, -0.05) is 29.8 Å². The summed E-state index contributed by atoms with van der Waals surface area (Å²) < 4.78 is 0. The predicted octanol–water partition coefficient (Wildman–Crippen LogP) is 1.44. The summed E-state index contributed by atoms with van der Waals surface area (Å²) in [4.78, 5) is 28.0. The molecule has 1 saturated heterocycles. The molecular weight excluding hydrogens is 314 g/mol. The standard InChI is InChI=1S/C17H25N3O2.ClH/c1-13-4-6-14(7-5-13)11-20-12-15(10-16(20)21)17(22)19(3)9-8-18-2;/h4-7,15,18H,8-12H2,1-3H3;1H. The molecule has 1 atom stereocenters. The van der Waals surface area contributed by atoms with Crippen molar-refractivity contribution >= 4 is 24.2 Å². The summed E-state index contributed by atoms with van der Waals surface area (Å²) in [6.07, 6.45) is 0.328. The maximum Gasteiger partial charge on any atom is 0.227 e. The van der Waals surface area contributed by atoms with E-state index in [2.05, 4.69) is 5.32 Å². The fourth-order valence-corrected chi connectivity index (χ4v) is 2.71. The van der Waals surface area contributed by atoms with Crippen molar-refractivity contribution in [3.8, 4) is 0 Å². The average Bonchev–Trinajstić information content (AvgIpc) is 2.87. The van der Waals surface area contributed by atoms with Crippen LogP contribution in [0.5, 0.6) is 0 Å². The summed E-state index contributed by atoms with van der Waals surface area (Å²) in [6, 6.07) is 8.17. The van der Waals surface area contributed by atoms with Crippen molar-refractivity contribution in [3.05, 3.63) is 35.4 Å². The van der Waals surface area contributed by atoms with Crippen LogP contribution in [-0.4, -0.2) is 55.3 Å². The molecule has 1 heterocycles. The third-order valence-corrected chi connectivity index (χ3v) is 4.13. The van der Waals surface area contributed by atoms with E-state index in [1.54, 1.807) is 16.8 Å². The molecule has 0 aromatic heterocycles. The number of likely N-dealkylation sites (tertiary alicyclic amines) is 1. The molecule has 1 aliphatic heterocycles. The van der Waals surface area contributed by atoms with Crippen molar-refractivity contribution in [3.63, 3.8) is 0 Å². The number of nitrogens with zero attached hydrogens (tertiary/aromatic N) is 2. The van der Waals surface area contributed by atoms with Crippen molar-refractivity contribution in [1.82, 2.24) is 15.1 Å². The number of hydrogen-bond donors (Lipinski definition) is 1. The van der Waals surface area contributed by atoms with Crippen LogP contribution in [0.25, 0.3) is 0 Å². The highest BCUT2D eigenvalue weighted by molar-refractivity contribution is 5.89. The van der Waals surface area contributed by atoms with Gasteiger partial charge >= 0.3 is 0 Å². The Kier molecular flexibility index (Phi) is 7.52. The SMILES string of the molecule is CNCCN(C)C(=O)C1CC(=O)N(Cc2ccc(C)cc2)C1.Cl. The van der Waals surface area contributed by atoms with E-state index in [1.165, 1.54) is 5.56 Å². The number of amides is 2. The number of rotatable bonds is 6. The molecule has 1 fully saturated rings. The molecule has 1 aromatic rings.